The van der Waals surface area contributed by atoms with E-state index < -0.39 is 0 Å². The number of phenolic OH excluding ortho intramolecular Hbond substituents is 1. The van der Waals surface area contributed by atoms with Gasteiger partial charge in [-0.3, -0.25) is 4.79 Å². The van der Waals surface area contributed by atoms with Crippen LogP contribution in [-0.4, -0.2) is 31.2 Å². The number of carbonyl (C=O) groups is 1. The van der Waals surface area contributed by atoms with E-state index in [2.05, 4.69) is 29.3 Å². The molecule has 136 valence electrons. The summed E-state index contributed by atoms with van der Waals surface area (Å²) in [6.07, 6.45) is 2.74. The average molecular weight is 352 g/mol. The van der Waals surface area contributed by atoms with E-state index in [1.165, 1.54) is 18.5 Å². The maximum atomic E-state index is 12.4. The number of ether oxygens (including phenoxy) is 1. The van der Waals surface area contributed by atoms with E-state index in [1.54, 1.807) is 19.2 Å². The Morgan fingerprint density at radius 2 is 1.92 bits per heavy atom. The molecule has 1 fully saturated rings. The first-order valence-corrected chi connectivity index (χ1v) is 9.13. The molecular formula is C21H24N2O3. The molecule has 0 spiro atoms. The molecule has 2 N–H and O–H groups in total. The zero-order valence-corrected chi connectivity index (χ0v) is 15.2. The molecule has 0 radical (unpaired) electrons. The number of phenols is 1. The zero-order valence-electron chi connectivity index (χ0n) is 15.2. The Kier molecular flexibility index (Phi) is 4.23. The molecular weight excluding hydrogens is 328 g/mol. The number of amides is 1. The third-order valence-electron chi connectivity index (χ3n) is 5.55. The number of hydrogen-bond donors (Lipinski definition) is 2. The van der Waals surface area contributed by atoms with Crippen molar-refractivity contribution in [1.82, 2.24) is 0 Å². The van der Waals surface area contributed by atoms with Crippen molar-refractivity contribution in [3.05, 3.63) is 47.0 Å². The Balaban J connectivity index is 1.81. The van der Waals surface area contributed by atoms with Crippen molar-refractivity contribution in [2.45, 2.75) is 32.1 Å². The highest BCUT2D eigenvalue weighted by atomic mass is 16.5. The number of benzene rings is 2. The number of nitrogens with one attached hydrogen (secondary N) is 1. The van der Waals surface area contributed by atoms with Crippen LogP contribution in [-0.2, 0) is 4.79 Å². The molecule has 2 aliphatic rings. The lowest BCUT2D eigenvalue weighted by Crippen LogP contribution is -2.26. The molecule has 0 aliphatic carbocycles. The number of rotatable bonds is 3. The molecule has 0 unspecified atom stereocenters. The van der Waals surface area contributed by atoms with Crippen LogP contribution in [0.25, 0.3) is 0 Å². The van der Waals surface area contributed by atoms with E-state index in [9.17, 15) is 9.90 Å². The van der Waals surface area contributed by atoms with Crippen molar-refractivity contribution in [1.29, 1.82) is 0 Å². The number of nitrogens with zero attached hydrogens (tertiary/aromatic N) is 1. The predicted octanol–water partition coefficient (Wildman–Crippen LogP) is 3.78. The van der Waals surface area contributed by atoms with Crippen LogP contribution in [0.3, 0.4) is 0 Å². The largest absolute Gasteiger partial charge is 0.508 e. The van der Waals surface area contributed by atoms with Crippen LogP contribution in [0.15, 0.2) is 30.3 Å². The minimum Gasteiger partial charge on any atom is -0.508 e. The molecule has 5 heteroatoms. The monoisotopic (exact) mass is 352 g/mol. The van der Waals surface area contributed by atoms with Crippen molar-refractivity contribution in [2.75, 3.05) is 30.4 Å². The van der Waals surface area contributed by atoms with Gasteiger partial charge in [-0.15, -0.1) is 0 Å². The van der Waals surface area contributed by atoms with Crippen LogP contribution in [0.5, 0.6) is 11.5 Å². The summed E-state index contributed by atoms with van der Waals surface area (Å²) in [5, 5.41) is 13.5. The third-order valence-corrected chi connectivity index (χ3v) is 5.55. The standard InChI is InChI=1S/C21H24N2O3/c1-13-18(23-9-3-4-10-23)7-6-15-16(12-20(25)22-21(13)15)17-11-14(26-2)5-8-19(17)24/h5-8,11,16,24H,3-4,9-10,12H2,1-2H3,(H,22,25)/t16-/m1/s1. The van der Waals surface area contributed by atoms with Crippen LogP contribution in [0, 0.1) is 6.92 Å². The predicted molar refractivity (Wildman–Crippen MR) is 102 cm³/mol. The molecule has 0 saturated carbocycles. The van der Waals surface area contributed by atoms with Crippen molar-refractivity contribution in [2.24, 2.45) is 0 Å². The normalized spacial score (nSPS) is 19.2. The molecule has 2 heterocycles. The summed E-state index contributed by atoms with van der Waals surface area (Å²) in [6.45, 7) is 4.20. The third kappa shape index (κ3) is 2.77. The summed E-state index contributed by atoms with van der Waals surface area (Å²) in [6, 6.07) is 9.43. The quantitative estimate of drug-likeness (QED) is 0.882. The van der Waals surface area contributed by atoms with E-state index in [-0.39, 0.29) is 17.6 Å². The van der Waals surface area contributed by atoms with Gasteiger partial charge in [0.2, 0.25) is 5.91 Å². The second-order valence-electron chi connectivity index (χ2n) is 7.10. The van der Waals surface area contributed by atoms with E-state index in [0.29, 0.717) is 12.2 Å². The lowest BCUT2D eigenvalue weighted by atomic mass is 9.82. The molecule has 2 aromatic carbocycles. The highest BCUT2D eigenvalue weighted by Gasteiger charge is 2.31. The summed E-state index contributed by atoms with van der Waals surface area (Å²) < 4.78 is 5.31. The first-order chi connectivity index (χ1) is 12.6. The molecule has 1 amide bonds. The Bertz CT molecular complexity index is 857. The van der Waals surface area contributed by atoms with Gasteiger partial charge in [0.05, 0.1) is 7.11 Å². The number of hydrogen-bond acceptors (Lipinski definition) is 4. The fourth-order valence-electron chi connectivity index (χ4n) is 4.18. The molecule has 1 atom stereocenters. The zero-order chi connectivity index (χ0) is 18.3. The van der Waals surface area contributed by atoms with Gasteiger partial charge in [0.25, 0.3) is 0 Å². The molecule has 0 bridgehead atoms. The number of fused-ring (bicyclic) bond motifs is 1. The minimum atomic E-state index is -0.180. The molecule has 5 nitrogen and oxygen atoms in total. The van der Waals surface area contributed by atoms with Gasteiger partial charge in [-0.2, -0.15) is 0 Å². The number of aromatic hydroxyl groups is 1. The van der Waals surface area contributed by atoms with Gasteiger partial charge in [-0.1, -0.05) is 6.07 Å². The smallest absolute Gasteiger partial charge is 0.225 e. The molecule has 1 saturated heterocycles. The maximum absolute atomic E-state index is 12.4. The van der Waals surface area contributed by atoms with E-state index in [1.807, 2.05) is 6.07 Å². The summed E-state index contributed by atoms with van der Waals surface area (Å²) in [5.74, 6) is 0.667. The van der Waals surface area contributed by atoms with Crippen molar-refractivity contribution < 1.29 is 14.6 Å². The van der Waals surface area contributed by atoms with Gasteiger partial charge in [-0.25, -0.2) is 0 Å². The van der Waals surface area contributed by atoms with Gasteiger partial charge < -0.3 is 20.1 Å². The fourth-order valence-corrected chi connectivity index (χ4v) is 4.18. The molecule has 2 aromatic rings. The first-order valence-electron chi connectivity index (χ1n) is 9.13. The molecule has 2 aliphatic heterocycles. The Labute approximate surface area is 153 Å². The highest BCUT2D eigenvalue weighted by molar-refractivity contribution is 5.97. The van der Waals surface area contributed by atoms with Crippen LogP contribution in [0.1, 0.15) is 41.9 Å². The van der Waals surface area contributed by atoms with Gasteiger partial charge in [0.15, 0.2) is 0 Å². The summed E-state index contributed by atoms with van der Waals surface area (Å²) in [5.41, 5.74) is 4.96. The van der Waals surface area contributed by atoms with Crippen molar-refractivity contribution >= 4 is 17.3 Å². The topological polar surface area (TPSA) is 61.8 Å². The van der Waals surface area contributed by atoms with E-state index in [4.69, 9.17) is 4.74 Å². The highest BCUT2D eigenvalue weighted by Crippen LogP contribution is 2.45. The van der Waals surface area contributed by atoms with Crippen LogP contribution in [0.2, 0.25) is 0 Å². The van der Waals surface area contributed by atoms with E-state index in [0.717, 1.165) is 35.5 Å². The minimum absolute atomic E-state index is 0.0219. The Morgan fingerprint density at radius 1 is 1.15 bits per heavy atom. The summed E-state index contributed by atoms with van der Waals surface area (Å²) in [4.78, 5) is 14.8. The number of carbonyl (C=O) groups excluding carboxylic acids is 1. The lowest BCUT2D eigenvalue weighted by molar-refractivity contribution is -0.116. The van der Waals surface area contributed by atoms with Gasteiger partial charge >= 0.3 is 0 Å². The van der Waals surface area contributed by atoms with Crippen LogP contribution >= 0.6 is 0 Å². The average Bonchev–Trinajstić information content (AvgIpc) is 3.17. The number of methoxy groups -OCH3 is 1. The summed E-state index contributed by atoms with van der Waals surface area (Å²) >= 11 is 0. The second kappa shape index (κ2) is 6.56. The first kappa shape index (κ1) is 16.8. The molecule has 26 heavy (non-hydrogen) atoms. The fraction of sp³-hybridized carbons (Fsp3) is 0.381. The molecule has 0 aromatic heterocycles. The second-order valence-corrected chi connectivity index (χ2v) is 7.10. The molecule has 4 rings (SSSR count). The maximum Gasteiger partial charge on any atom is 0.225 e. The number of anilines is 2. The van der Waals surface area contributed by atoms with E-state index >= 15 is 0 Å². The van der Waals surface area contributed by atoms with Crippen LogP contribution in [0.4, 0.5) is 11.4 Å². The van der Waals surface area contributed by atoms with Gasteiger partial charge in [0, 0.05) is 42.4 Å². The van der Waals surface area contributed by atoms with Crippen molar-refractivity contribution in [3.8, 4) is 11.5 Å². The van der Waals surface area contributed by atoms with Gasteiger partial charge in [-0.05, 0) is 55.2 Å². The van der Waals surface area contributed by atoms with Gasteiger partial charge in [0.1, 0.15) is 11.5 Å². The van der Waals surface area contributed by atoms with Crippen LogP contribution < -0.4 is 15.0 Å². The Hall–Kier alpha value is -2.69. The SMILES string of the molecule is COc1ccc(O)c([C@@H]2CC(=O)Nc3c2ccc(N2CCCC2)c3C)c1. The van der Waals surface area contributed by atoms with Crippen molar-refractivity contribution in [3.63, 3.8) is 0 Å². The Morgan fingerprint density at radius 3 is 2.65 bits per heavy atom. The lowest BCUT2D eigenvalue weighted by Gasteiger charge is -2.31. The summed E-state index contributed by atoms with van der Waals surface area (Å²) in [7, 11) is 1.60.